The number of piperidine rings is 2. The van der Waals surface area contributed by atoms with Crippen LogP contribution in [0.2, 0.25) is 0 Å². The van der Waals surface area contributed by atoms with Gasteiger partial charge in [-0.05, 0) is 58.9 Å². The van der Waals surface area contributed by atoms with Gasteiger partial charge in [-0.3, -0.25) is 4.90 Å². The highest BCUT2D eigenvalue weighted by molar-refractivity contribution is 7.09. The van der Waals surface area contributed by atoms with Gasteiger partial charge in [-0.1, -0.05) is 13.8 Å². The van der Waals surface area contributed by atoms with Crippen LogP contribution in [0.1, 0.15) is 50.2 Å². The van der Waals surface area contributed by atoms with Gasteiger partial charge in [0.05, 0.1) is 12.2 Å². The zero-order valence-corrected chi connectivity index (χ0v) is 16.9. The van der Waals surface area contributed by atoms with Crippen molar-refractivity contribution >= 4 is 11.3 Å². The summed E-state index contributed by atoms with van der Waals surface area (Å²) in [6, 6.07) is 0.703. The lowest BCUT2D eigenvalue weighted by atomic mass is 9.87. The fourth-order valence-corrected chi connectivity index (χ4v) is 5.04. The van der Waals surface area contributed by atoms with E-state index < -0.39 is 5.60 Å². The van der Waals surface area contributed by atoms with Crippen molar-refractivity contribution in [1.29, 1.82) is 0 Å². The number of hydrogen-bond donors (Lipinski definition) is 1. The third-order valence-electron chi connectivity index (χ3n) is 6.11. The van der Waals surface area contributed by atoms with Gasteiger partial charge < -0.3 is 14.9 Å². The van der Waals surface area contributed by atoms with E-state index >= 15 is 0 Å². The second kappa shape index (κ2) is 8.44. The third-order valence-corrected chi connectivity index (χ3v) is 6.95. The summed E-state index contributed by atoms with van der Waals surface area (Å²) in [6.07, 6.45) is 4.15. The van der Waals surface area contributed by atoms with Crippen LogP contribution in [0.5, 0.6) is 0 Å². The van der Waals surface area contributed by atoms with Gasteiger partial charge in [-0.25, -0.2) is 4.98 Å². The molecule has 3 rings (SSSR count). The van der Waals surface area contributed by atoms with Crippen LogP contribution in [0.15, 0.2) is 5.38 Å². The Labute approximate surface area is 156 Å². The number of aliphatic hydroxyl groups is 1. The van der Waals surface area contributed by atoms with Crippen molar-refractivity contribution in [3.63, 3.8) is 0 Å². The molecule has 1 aromatic rings. The summed E-state index contributed by atoms with van der Waals surface area (Å²) in [5, 5.41) is 14.4. The lowest BCUT2D eigenvalue weighted by Crippen LogP contribution is -2.50. The highest BCUT2D eigenvalue weighted by Gasteiger charge is 2.38. The summed E-state index contributed by atoms with van der Waals surface area (Å²) in [5.74, 6) is 0. The molecule has 5 nitrogen and oxygen atoms in total. The first-order valence-electron chi connectivity index (χ1n) is 9.86. The monoisotopic (exact) mass is 366 g/mol. The lowest BCUT2D eigenvalue weighted by molar-refractivity contribution is -0.0440. The Hall–Kier alpha value is -0.530. The molecule has 1 N–H and O–H groups in total. The predicted molar refractivity (Wildman–Crippen MR) is 104 cm³/mol. The van der Waals surface area contributed by atoms with Crippen molar-refractivity contribution < 1.29 is 5.11 Å². The molecule has 0 bridgehead atoms. The molecule has 3 heterocycles. The standard InChI is InChI=1S/C19H34N4OS/c1-4-22(5-2)14-18-20-17(15-25-18)19(24)8-12-23(13-9-19)16-6-10-21(3)11-7-16/h15-16,24H,4-14H2,1-3H3. The molecule has 0 saturated carbocycles. The molecule has 0 aliphatic carbocycles. The Morgan fingerprint density at radius 3 is 2.44 bits per heavy atom. The van der Waals surface area contributed by atoms with Gasteiger partial charge in [-0.2, -0.15) is 0 Å². The summed E-state index contributed by atoms with van der Waals surface area (Å²) in [7, 11) is 2.21. The first-order valence-corrected chi connectivity index (χ1v) is 10.7. The van der Waals surface area contributed by atoms with Crippen molar-refractivity contribution in [2.24, 2.45) is 0 Å². The molecule has 2 aliphatic heterocycles. The molecule has 25 heavy (non-hydrogen) atoms. The molecule has 1 aromatic heterocycles. The van der Waals surface area contributed by atoms with Crippen LogP contribution in [0, 0.1) is 0 Å². The SMILES string of the molecule is CCN(CC)Cc1nc(C2(O)CCN(C3CCN(C)CC3)CC2)cs1. The molecule has 6 heteroatoms. The Morgan fingerprint density at radius 2 is 1.84 bits per heavy atom. The van der Waals surface area contributed by atoms with E-state index in [4.69, 9.17) is 4.98 Å². The molecule has 0 aromatic carbocycles. The number of aromatic nitrogens is 1. The molecule has 0 unspecified atom stereocenters. The topological polar surface area (TPSA) is 42.8 Å². The quantitative estimate of drug-likeness (QED) is 0.837. The van der Waals surface area contributed by atoms with Crippen LogP contribution < -0.4 is 0 Å². The van der Waals surface area contributed by atoms with Crippen molar-refractivity contribution in [3.05, 3.63) is 16.1 Å². The number of rotatable bonds is 6. The smallest absolute Gasteiger partial charge is 0.110 e. The average Bonchev–Trinajstić information content (AvgIpc) is 3.11. The van der Waals surface area contributed by atoms with E-state index in [1.54, 1.807) is 11.3 Å². The molecule has 2 aliphatic rings. The minimum absolute atomic E-state index is 0.703. The first kappa shape index (κ1) is 19.2. The van der Waals surface area contributed by atoms with Crippen molar-refractivity contribution in [2.75, 3.05) is 46.3 Å². The van der Waals surface area contributed by atoms with Gasteiger partial charge in [0, 0.05) is 24.5 Å². The molecular formula is C19H34N4OS. The molecule has 0 radical (unpaired) electrons. The van der Waals surface area contributed by atoms with Crippen LogP contribution in [0.4, 0.5) is 0 Å². The largest absolute Gasteiger partial charge is 0.383 e. The minimum atomic E-state index is -0.722. The Kier molecular flexibility index (Phi) is 6.49. The van der Waals surface area contributed by atoms with Crippen LogP contribution >= 0.6 is 11.3 Å². The second-order valence-corrected chi connectivity index (χ2v) is 8.63. The highest BCUT2D eigenvalue weighted by Crippen LogP contribution is 2.35. The Bertz CT molecular complexity index is 529. The summed E-state index contributed by atoms with van der Waals surface area (Å²) in [4.78, 5) is 12.2. The van der Waals surface area contributed by atoms with Gasteiger partial charge in [0.25, 0.3) is 0 Å². The minimum Gasteiger partial charge on any atom is -0.383 e. The van der Waals surface area contributed by atoms with E-state index in [9.17, 15) is 5.11 Å². The molecule has 142 valence electrons. The molecule has 0 amide bonds. The summed E-state index contributed by atoms with van der Waals surface area (Å²) in [5.41, 5.74) is 0.183. The van der Waals surface area contributed by atoms with E-state index in [-0.39, 0.29) is 0 Å². The highest BCUT2D eigenvalue weighted by atomic mass is 32.1. The number of hydrogen-bond acceptors (Lipinski definition) is 6. The van der Waals surface area contributed by atoms with Gasteiger partial charge in [0.2, 0.25) is 0 Å². The fraction of sp³-hybridized carbons (Fsp3) is 0.842. The lowest BCUT2D eigenvalue weighted by Gasteiger charge is -2.43. The van der Waals surface area contributed by atoms with Gasteiger partial charge >= 0.3 is 0 Å². The maximum Gasteiger partial charge on any atom is 0.110 e. The Morgan fingerprint density at radius 1 is 1.20 bits per heavy atom. The number of thiazole rings is 1. The van der Waals surface area contributed by atoms with Crippen molar-refractivity contribution in [1.82, 2.24) is 19.7 Å². The average molecular weight is 367 g/mol. The molecule has 2 fully saturated rings. The zero-order chi connectivity index (χ0) is 17.9. The third kappa shape index (κ3) is 4.61. The maximum atomic E-state index is 11.2. The molecule has 0 spiro atoms. The van der Waals surface area contributed by atoms with E-state index in [0.717, 1.165) is 56.3 Å². The normalized spacial score (nSPS) is 23.4. The first-order chi connectivity index (χ1) is 12.0. The Balaban J connectivity index is 1.56. The summed E-state index contributed by atoms with van der Waals surface area (Å²) >= 11 is 1.70. The van der Waals surface area contributed by atoms with Crippen LogP contribution in [-0.2, 0) is 12.1 Å². The number of nitrogens with zero attached hydrogens (tertiary/aromatic N) is 4. The fourth-order valence-electron chi connectivity index (χ4n) is 4.11. The van der Waals surface area contributed by atoms with E-state index in [2.05, 4.69) is 41.0 Å². The van der Waals surface area contributed by atoms with Crippen molar-refractivity contribution in [2.45, 2.75) is 57.7 Å². The van der Waals surface area contributed by atoms with Crippen LogP contribution in [0.25, 0.3) is 0 Å². The second-order valence-electron chi connectivity index (χ2n) is 7.69. The zero-order valence-electron chi connectivity index (χ0n) is 16.1. The molecular weight excluding hydrogens is 332 g/mol. The number of likely N-dealkylation sites (tertiary alicyclic amines) is 2. The van der Waals surface area contributed by atoms with E-state index in [0.29, 0.717) is 6.04 Å². The summed E-state index contributed by atoms with van der Waals surface area (Å²) < 4.78 is 0. The van der Waals surface area contributed by atoms with E-state index in [1.165, 1.54) is 25.9 Å². The van der Waals surface area contributed by atoms with Gasteiger partial charge in [0.1, 0.15) is 10.6 Å². The van der Waals surface area contributed by atoms with Gasteiger partial charge in [0.15, 0.2) is 0 Å². The van der Waals surface area contributed by atoms with Crippen LogP contribution in [0.3, 0.4) is 0 Å². The summed E-state index contributed by atoms with van der Waals surface area (Å²) in [6.45, 7) is 11.7. The molecule has 0 atom stereocenters. The predicted octanol–water partition coefficient (Wildman–Crippen LogP) is 2.36. The van der Waals surface area contributed by atoms with Crippen LogP contribution in [-0.4, -0.2) is 77.1 Å². The maximum absolute atomic E-state index is 11.2. The molecule has 2 saturated heterocycles. The van der Waals surface area contributed by atoms with Gasteiger partial charge in [-0.15, -0.1) is 11.3 Å². The van der Waals surface area contributed by atoms with E-state index in [1.807, 2.05) is 0 Å². The van der Waals surface area contributed by atoms with Crippen molar-refractivity contribution in [3.8, 4) is 0 Å².